The summed E-state index contributed by atoms with van der Waals surface area (Å²) in [6.45, 7) is 4.05. The smallest absolute Gasteiger partial charge is 0.365 e. The lowest BCUT2D eigenvalue weighted by Gasteiger charge is -2.32. The first-order valence-corrected chi connectivity index (χ1v) is 10.7. The lowest BCUT2D eigenvalue weighted by molar-refractivity contribution is -0.419. The molecule has 1 aromatic carbocycles. The lowest BCUT2D eigenvalue weighted by atomic mass is 9.82. The average molecular weight is 383 g/mol. The molecule has 0 bridgehead atoms. The molecule has 4 rings (SSSR count). The van der Waals surface area contributed by atoms with Gasteiger partial charge in [0, 0.05) is 17.9 Å². The number of carbonyl (C=O) groups is 1. The Morgan fingerprint density at radius 1 is 1.25 bits per heavy atom. The second-order valence-corrected chi connectivity index (χ2v) is 8.75. The van der Waals surface area contributed by atoms with Gasteiger partial charge in [0.15, 0.2) is 6.04 Å². The fraction of sp³-hybridized carbons (Fsp3) is 0.565. The molecule has 2 heterocycles. The van der Waals surface area contributed by atoms with E-state index in [0.717, 1.165) is 25.0 Å². The Balaban J connectivity index is 1.60. The van der Waals surface area contributed by atoms with Crippen LogP contribution in [0, 0.1) is 11.8 Å². The first kappa shape index (κ1) is 19.2. The SMILES string of the molecule is CC(C)[C@H]([NH3+])C(=O)OC(CC1c2ccccc2-c2cncn21)C1CCCCC1. The van der Waals surface area contributed by atoms with E-state index in [1.165, 1.54) is 30.4 Å². The first-order chi connectivity index (χ1) is 13.6. The summed E-state index contributed by atoms with van der Waals surface area (Å²) in [4.78, 5) is 17.1. The summed E-state index contributed by atoms with van der Waals surface area (Å²) in [5.74, 6) is 0.478. The molecule has 0 amide bonds. The Morgan fingerprint density at radius 3 is 2.75 bits per heavy atom. The van der Waals surface area contributed by atoms with E-state index in [1.54, 1.807) is 0 Å². The first-order valence-electron chi connectivity index (χ1n) is 10.7. The third-order valence-corrected chi connectivity index (χ3v) is 6.60. The summed E-state index contributed by atoms with van der Waals surface area (Å²) in [5, 5.41) is 0. The number of aromatic nitrogens is 2. The summed E-state index contributed by atoms with van der Waals surface area (Å²) >= 11 is 0. The summed E-state index contributed by atoms with van der Waals surface area (Å²) < 4.78 is 8.39. The predicted molar refractivity (Wildman–Crippen MR) is 108 cm³/mol. The Bertz CT molecular complexity index is 823. The molecular weight excluding hydrogens is 350 g/mol. The maximum atomic E-state index is 12.7. The number of esters is 1. The van der Waals surface area contributed by atoms with Gasteiger partial charge in [0.25, 0.3) is 0 Å². The Hall–Kier alpha value is -2.14. The number of ether oxygens (including phenoxy) is 1. The van der Waals surface area contributed by atoms with E-state index in [0.29, 0.717) is 5.92 Å². The highest BCUT2D eigenvalue weighted by Crippen LogP contribution is 2.43. The van der Waals surface area contributed by atoms with Gasteiger partial charge in [-0.15, -0.1) is 0 Å². The molecule has 1 aliphatic heterocycles. The minimum absolute atomic E-state index is 0.0674. The van der Waals surface area contributed by atoms with Crippen molar-refractivity contribution in [1.29, 1.82) is 0 Å². The molecule has 150 valence electrons. The number of quaternary nitrogens is 1. The molecule has 1 fully saturated rings. The van der Waals surface area contributed by atoms with Crippen molar-refractivity contribution in [3.05, 3.63) is 42.4 Å². The lowest BCUT2D eigenvalue weighted by Crippen LogP contribution is -2.68. The fourth-order valence-corrected chi connectivity index (χ4v) is 4.74. The van der Waals surface area contributed by atoms with Gasteiger partial charge >= 0.3 is 5.97 Å². The molecule has 2 aliphatic rings. The van der Waals surface area contributed by atoms with Crippen molar-refractivity contribution < 1.29 is 15.3 Å². The number of carbonyl (C=O) groups excluding carboxylic acids is 1. The topological polar surface area (TPSA) is 71.8 Å². The standard InChI is InChI=1S/C23H31N3O2/c1-15(2)22(24)23(27)28-21(16-8-4-3-5-9-16)12-19-17-10-6-7-11-18(17)20-13-25-14-26(19)20/h6-7,10-11,13-16,19,21-22H,3-5,8-9,12,24H2,1-2H3/p+1/t19?,21?,22-/m0/s1. The highest BCUT2D eigenvalue weighted by Gasteiger charge is 2.36. The highest BCUT2D eigenvalue weighted by atomic mass is 16.5. The molecule has 3 N–H and O–H groups in total. The molecule has 0 radical (unpaired) electrons. The van der Waals surface area contributed by atoms with Gasteiger partial charge in [0.05, 0.1) is 24.3 Å². The van der Waals surface area contributed by atoms with Gasteiger partial charge < -0.3 is 15.0 Å². The van der Waals surface area contributed by atoms with Gasteiger partial charge in [-0.05, 0) is 24.3 Å². The Morgan fingerprint density at radius 2 is 2.00 bits per heavy atom. The number of imidazole rings is 1. The zero-order valence-corrected chi connectivity index (χ0v) is 17.0. The molecule has 0 spiro atoms. The number of hydrogen-bond donors (Lipinski definition) is 1. The highest BCUT2D eigenvalue weighted by molar-refractivity contribution is 5.74. The number of hydrogen-bond acceptors (Lipinski definition) is 3. The Labute approximate surface area is 167 Å². The van der Waals surface area contributed by atoms with Gasteiger partial charge in [-0.2, -0.15) is 0 Å². The van der Waals surface area contributed by atoms with Crippen LogP contribution in [0.25, 0.3) is 11.3 Å². The largest absolute Gasteiger partial charge is 0.458 e. The van der Waals surface area contributed by atoms with Crippen molar-refractivity contribution in [1.82, 2.24) is 9.55 Å². The number of rotatable bonds is 6. The maximum absolute atomic E-state index is 12.7. The molecule has 5 nitrogen and oxygen atoms in total. The summed E-state index contributed by atoms with van der Waals surface area (Å²) in [6.07, 6.45) is 10.6. The van der Waals surface area contributed by atoms with E-state index < -0.39 is 0 Å². The van der Waals surface area contributed by atoms with Crippen LogP contribution in [0.1, 0.15) is 64.0 Å². The Kier molecular flexibility index (Phi) is 5.54. The molecule has 2 aromatic rings. The number of fused-ring (bicyclic) bond motifs is 3. The van der Waals surface area contributed by atoms with E-state index in [4.69, 9.17) is 4.74 Å². The van der Waals surface area contributed by atoms with Crippen LogP contribution in [-0.4, -0.2) is 27.7 Å². The number of benzene rings is 1. The molecular formula is C23H32N3O2+. The van der Waals surface area contributed by atoms with E-state index >= 15 is 0 Å². The maximum Gasteiger partial charge on any atom is 0.365 e. The summed E-state index contributed by atoms with van der Waals surface area (Å²) in [7, 11) is 0. The van der Waals surface area contributed by atoms with Crippen LogP contribution in [0.5, 0.6) is 0 Å². The average Bonchev–Trinajstić information content (AvgIpc) is 3.30. The van der Waals surface area contributed by atoms with Crippen LogP contribution < -0.4 is 5.73 Å². The molecule has 1 aliphatic carbocycles. The molecule has 5 heteroatoms. The van der Waals surface area contributed by atoms with Gasteiger partial charge in [-0.1, -0.05) is 57.4 Å². The van der Waals surface area contributed by atoms with Crippen LogP contribution in [0.3, 0.4) is 0 Å². The molecule has 3 atom stereocenters. The second kappa shape index (κ2) is 8.08. The van der Waals surface area contributed by atoms with Crippen molar-refractivity contribution in [2.24, 2.45) is 11.8 Å². The minimum atomic E-state index is -0.314. The summed E-state index contributed by atoms with van der Waals surface area (Å²) in [5.41, 5.74) is 7.76. The van der Waals surface area contributed by atoms with E-state index in [9.17, 15) is 4.79 Å². The van der Waals surface area contributed by atoms with Gasteiger partial charge in [-0.25, -0.2) is 9.78 Å². The third-order valence-electron chi connectivity index (χ3n) is 6.60. The number of nitrogens with zero attached hydrogens (tertiary/aromatic N) is 2. The van der Waals surface area contributed by atoms with Crippen molar-refractivity contribution in [3.63, 3.8) is 0 Å². The monoisotopic (exact) mass is 382 g/mol. The molecule has 2 unspecified atom stereocenters. The van der Waals surface area contributed by atoms with Crippen LogP contribution in [0.4, 0.5) is 0 Å². The van der Waals surface area contributed by atoms with E-state index in [1.807, 2.05) is 26.4 Å². The predicted octanol–water partition coefficient (Wildman–Crippen LogP) is 3.60. The molecule has 1 aromatic heterocycles. The fourth-order valence-electron chi connectivity index (χ4n) is 4.74. The molecule has 1 saturated carbocycles. The molecule has 0 saturated heterocycles. The van der Waals surface area contributed by atoms with Gasteiger partial charge in [0.2, 0.25) is 0 Å². The van der Waals surface area contributed by atoms with Gasteiger partial charge in [0.1, 0.15) is 6.10 Å². The van der Waals surface area contributed by atoms with Crippen molar-refractivity contribution >= 4 is 5.97 Å². The van der Waals surface area contributed by atoms with Crippen LogP contribution >= 0.6 is 0 Å². The quantitative estimate of drug-likeness (QED) is 0.776. The van der Waals surface area contributed by atoms with Crippen molar-refractivity contribution in [2.75, 3.05) is 0 Å². The summed E-state index contributed by atoms with van der Waals surface area (Å²) in [6, 6.07) is 8.40. The zero-order chi connectivity index (χ0) is 19.7. The van der Waals surface area contributed by atoms with Crippen LogP contribution in [0.2, 0.25) is 0 Å². The zero-order valence-electron chi connectivity index (χ0n) is 17.0. The second-order valence-electron chi connectivity index (χ2n) is 8.75. The van der Waals surface area contributed by atoms with Crippen molar-refractivity contribution in [3.8, 4) is 11.3 Å². The van der Waals surface area contributed by atoms with E-state index in [-0.39, 0.29) is 30.1 Å². The van der Waals surface area contributed by atoms with Crippen molar-refractivity contribution in [2.45, 2.75) is 70.6 Å². The van der Waals surface area contributed by atoms with Gasteiger partial charge in [-0.3, -0.25) is 0 Å². The normalized spacial score (nSPS) is 21.2. The third kappa shape index (κ3) is 3.60. The van der Waals surface area contributed by atoms with Crippen LogP contribution in [0.15, 0.2) is 36.8 Å². The van der Waals surface area contributed by atoms with Crippen LogP contribution in [-0.2, 0) is 9.53 Å². The minimum Gasteiger partial charge on any atom is -0.458 e. The molecule has 28 heavy (non-hydrogen) atoms. The van der Waals surface area contributed by atoms with E-state index in [2.05, 4.69) is 39.6 Å².